The lowest BCUT2D eigenvalue weighted by molar-refractivity contribution is 0.122. The molecule has 1 aliphatic rings. The molecular weight excluding hydrogens is 426 g/mol. The summed E-state index contributed by atoms with van der Waals surface area (Å²) in [5.41, 5.74) is 3.27. The summed E-state index contributed by atoms with van der Waals surface area (Å²) in [5.74, 6) is 2.59. The largest absolute Gasteiger partial charge is 0.450 e. The van der Waals surface area contributed by atoms with Gasteiger partial charge in [-0.05, 0) is 23.6 Å². The highest BCUT2D eigenvalue weighted by atomic mass is 32.1. The Labute approximate surface area is 187 Å². The van der Waals surface area contributed by atoms with Gasteiger partial charge in [0.2, 0.25) is 5.95 Å². The second kappa shape index (κ2) is 8.06. The summed E-state index contributed by atoms with van der Waals surface area (Å²) in [5, 5.41) is 12.7. The third-order valence-corrected chi connectivity index (χ3v) is 6.14. The van der Waals surface area contributed by atoms with E-state index < -0.39 is 0 Å². The fourth-order valence-electron chi connectivity index (χ4n) is 3.68. The summed E-state index contributed by atoms with van der Waals surface area (Å²) in [4.78, 5) is 16.9. The van der Waals surface area contributed by atoms with Crippen LogP contribution in [-0.2, 0) is 4.74 Å². The molecule has 0 unspecified atom stereocenters. The number of pyridine rings is 1. The zero-order valence-corrected chi connectivity index (χ0v) is 17.8. The van der Waals surface area contributed by atoms with E-state index in [0.717, 1.165) is 46.3 Å². The number of aromatic nitrogens is 5. The first-order valence-electron chi connectivity index (χ1n) is 10.2. The molecule has 0 radical (unpaired) electrons. The Morgan fingerprint density at radius 3 is 2.75 bits per heavy atom. The molecule has 6 heterocycles. The van der Waals surface area contributed by atoms with E-state index in [1.807, 2.05) is 41.8 Å². The number of morpholine rings is 1. The maximum Gasteiger partial charge on any atom is 0.231 e. The number of thiophene rings is 1. The number of hydrogen-bond donors (Lipinski definition) is 2. The van der Waals surface area contributed by atoms with Gasteiger partial charge in [-0.2, -0.15) is 10.1 Å². The predicted octanol–water partition coefficient (Wildman–Crippen LogP) is 4.32. The molecule has 0 spiro atoms. The van der Waals surface area contributed by atoms with Crippen molar-refractivity contribution in [2.45, 2.75) is 0 Å². The van der Waals surface area contributed by atoms with Gasteiger partial charge >= 0.3 is 0 Å². The van der Waals surface area contributed by atoms with Gasteiger partial charge in [-0.15, -0.1) is 11.3 Å². The number of H-pyrrole nitrogens is 1. The third kappa shape index (κ3) is 3.59. The molecular formula is C22H19N7O2S. The molecule has 0 bridgehead atoms. The van der Waals surface area contributed by atoms with Crippen LogP contribution < -0.4 is 10.2 Å². The summed E-state index contributed by atoms with van der Waals surface area (Å²) >= 11 is 1.65. The minimum absolute atomic E-state index is 0.463. The molecule has 2 N–H and O–H groups in total. The Morgan fingerprint density at radius 2 is 1.94 bits per heavy atom. The molecule has 0 saturated carbocycles. The fourth-order valence-corrected chi connectivity index (χ4v) is 4.37. The minimum atomic E-state index is 0.463. The Bertz CT molecular complexity index is 1340. The summed E-state index contributed by atoms with van der Waals surface area (Å²) in [6.45, 7) is 2.77. The third-order valence-electron chi connectivity index (χ3n) is 5.23. The first kappa shape index (κ1) is 19.0. The van der Waals surface area contributed by atoms with Crippen LogP contribution >= 0.6 is 11.3 Å². The van der Waals surface area contributed by atoms with Crippen LogP contribution in [0.2, 0.25) is 0 Å². The molecule has 5 aromatic rings. The second-order valence-corrected chi connectivity index (χ2v) is 8.25. The van der Waals surface area contributed by atoms with Gasteiger partial charge in [0.25, 0.3) is 0 Å². The number of furan rings is 1. The quantitative estimate of drug-likeness (QED) is 0.412. The highest BCUT2D eigenvalue weighted by Gasteiger charge is 2.22. The van der Waals surface area contributed by atoms with Gasteiger partial charge in [-0.3, -0.25) is 10.1 Å². The summed E-state index contributed by atoms with van der Waals surface area (Å²) < 4.78 is 11.7. The number of anilines is 3. The van der Waals surface area contributed by atoms with Crippen LogP contribution in [0.25, 0.3) is 33.0 Å². The SMILES string of the molecule is c1csc(-c2cc(Nc3nc(N4CCOCC4)c4oc(-c5ccncc5)cc4n3)n[nH]2)c1. The topological polar surface area (TPSA) is 105 Å². The molecule has 1 saturated heterocycles. The molecule has 6 rings (SSSR count). The number of hydrogen-bond acceptors (Lipinski definition) is 9. The van der Waals surface area contributed by atoms with E-state index in [4.69, 9.17) is 19.1 Å². The maximum absolute atomic E-state index is 6.21. The highest BCUT2D eigenvalue weighted by molar-refractivity contribution is 7.13. The van der Waals surface area contributed by atoms with Crippen molar-refractivity contribution in [2.24, 2.45) is 0 Å². The van der Waals surface area contributed by atoms with Crippen molar-refractivity contribution >= 4 is 40.0 Å². The van der Waals surface area contributed by atoms with Crippen LogP contribution in [0, 0.1) is 0 Å². The average molecular weight is 446 g/mol. The van der Waals surface area contributed by atoms with Gasteiger partial charge < -0.3 is 19.4 Å². The van der Waals surface area contributed by atoms with Crippen molar-refractivity contribution in [1.82, 2.24) is 25.1 Å². The molecule has 5 aromatic heterocycles. The van der Waals surface area contributed by atoms with Crippen LogP contribution in [0.5, 0.6) is 0 Å². The van der Waals surface area contributed by atoms with E-state index in [1.165, 1.54) is 0 Å². The highest BCUT2D eigenvalue weighted by Crippen LogP contribution is 2.34. The van der Waals surface area contributed by atoms with Crippen molar-refractivity contribution in [3.05, 3.63) is 54.2 Å². The zero-order chi connectivity index (χ0) is 21.3. The predicted molar refractivity (Wildman–Crippen MR) is 123 cm³/mol. The van der Waals surface area contributed by atoms with E-state index in [9.17, 15) is 0 Å². The standard InChI is InChI=1S/C22H19N7O2S/c1-2-18(32-11-1)15-13-19(28-27-15)25-22-24-16-12-17(14-3-5-23-6-4-14)31-20(16)21(26-22)29-7-9-30-10-8-29/h1-6,11-13H,7-10H2,(H2,24,25,26,27,28). The van der Waals surface area contributed by atoms with Crippen molar-refractivity contribution in [3.8, 4) is 21.9 Å². The molecule has 0 aromatic carbocycles. The number of nitrogens with zero attached hydrogens (tertiary/aromatic N) is 5. The Morgan fingerprint density at radius 1 is 1.06 bits per heavy atom. The smallest absolute Gasteiger partial charge is 0.231 e. The van der Waals surface area contributed by atoms with Gasteiger partial charge in [-0.1, -0.05) is 6.07 Å². The van der Waals surface area contributed by atoms with Gasteiger partial charge in [0.05, 0.1) is 23.8 Å². The minimum Gasteiger partial charge on any atom is -0.450 e. The molecule has 0 amide bonds. The van der Waals surface area contributed by atoms with Gasteiger partial charge in [0, 0.05) is 43.2 Å². The van der Waals surface area contributed by atoms with Crippen LogP contribution in [0.1, 0.15) is 0 Å². The van der Waals surface area contributed by atoms with Crippen molar-refractivity contribution in [3.63, 3.8) is 0 Å². The summed E-state index contributed by atoms with van der Waals surface area (Å²) in [6.07, 6.45) is 3.49. The number of fused-ring (bicyclic) bond motifs is 1. The number of nitrogens with one attached hydrogen (secondary N) is 2. The first-order chi connectivity index (χ1) is 15.8. The molecule has 10 heteroatoms. The summed E-state index contributed by atoms with van der Waals surface area (Å²) in [6, 6.07) is 11.8. The first-order valence-corrected chi connectivity index (χ1v) is 11.1. The number of aromatic amines is 1. The summed E-state index contributed by atoms with van der Waals surface area (Å²) in [7, 11) is 0. The molecule has 160 valence electrons. The van der Waals surface area contributed by atoms with E-state index in [-0.39, 0.29) is 0 Å². The molecule has 0 aliphatic carbocycles. The van der Waals surface area contributed by atoms with Gasteiger partial charge in [0.1, 0.15) is 11.3 Å². The maximum atomic E-state index is 6.21. The van der Waals surface area contributed by atoms with Crippen molar-refractivity contribution in [2.75, 3.05) is 36.5 Å². The van der Waals surface area contributed by atoms with Crippen LogP contribution in [0.4, 0.5) is 17.6 Å². The van der Waals surface area contributed by atoms with E-state index in [0.29, 0.717) is 30.6 Å². The van der Waals surface area contributed by atoms with Crippen molar-refractivity contribution < 1.29 is 9.15 Å². The lowest BCUT2D eigenvalue weighted by atomic mass is 10.2. The lowest BCUT2D eigenvalue weighted by Crippen LogP contribution is -2.37. The molecule has 1 aliphatic heterocycles. The normalized spacial score (nSPS) is 14.2. The lowest BCUT2D eigenvalue weighted by Gasteiger charge is -2.27. The van der Waals surface area contributed by atoms with Crippen LogP contribution in [0.3, 0.4) is 0 Å². The molecule has 32 heavy (non-hydrogen) atoms. The van der Waals surface area contributed by atoms with E-state index in [1.54, 1.807) is 23.7 Å². The van der Waals surface area contributed by atoms with E-state index >= 15 is 0 Å². The van der Waals surface area contributed by atoms with Crippen molar-refractivity contribution in [1.29, 1.82) is 0 Å². The Kier molecular flexibility index (Phi) is 4.78. The van der Waals surface area contributed by atoms with Gasteiger partial charge in [-0.25, -0.2) is 4.98 Å². The van der Waals surface area contributed by atoms with Gasteiger partial charge in [0.15, 0.2) is 17.2 Å². The average Bonchev–Trinajstić information content (AvgIpc) is 3.60. The number of rotatable bonds is 5. The molecule has 9 nitrogen and oxygen atoms in total. The Balaban J connectivity index is 1.40. The number of ether oxygens (including phenoxy) is 1. The molecule has 1 fully saturated rings. The van der Waals surface area contributed by atoms with Crippen LogP contribution in [0.15, 0.2) is 58.6 Å². The monoisotopic (exact) mass is 445 g/mol. The van der Waals surface area contributed by atoms with Crippen LogP contribution in [-0.4, -0.2) is 51.5 Å². The fraction of sp³-hybridized carbons (Fsp3) is 0.182. The van der Waals surface area contributed by atoms with E-state index in [2.05, 4.69) is 25.4 Å². The Hall–Kier alpha value is -3.76. The second-order valence-electron chi connectivity index (χ2n) is 7.30. The zero-order valence-electron chi connectivity index (χ0n) is 17.0. The molecule has 0 atom stereocenters.